The molecule has 0 bridgehead atoms. The molecule has 1 aromatic rings. The van der Waals surface area contributed by atoms with Crippen LogP contribution < -0.4 is 5.73 Å². The molecule has 2 heterocycles. The van der Waals surface area contributed by atoms with Crippen LogP contribution in [0.1, 0.15) is 29.3 Å². The summed E-state index contributed by atoms with van der Waals surface area (Å²) in [7, 11) is 2.05. The number of thiophene rings is 1. The Balaban J connectivity index is 2.04. The highest BCUT2D eigenvalue weighted by Gasteiger charge is 2.33. The Kier molecular flexibility index (Phi) is 4.97. The van der Waals surface area contributed by atoms with Gasteiger partial charge in [0.25, 0.3) is 0 Å². The maximum atomic E-state index is 10.6. The van der Waals surface area contributed by atoms with Crippen molar-refractivity contribution >= 4 is 11.3 Å². The normalized spacial score (nSPS) is 20.7. The molecule has 4 nitrogen and oxygen atoms in total. The fourth-order valence-corrected chi connectivity index (χ4v) is 3.80. The van der Waals surface area contributed by atoms with E-state index < -0.39 is 5.60 Å². The second-order valence-electron chi connectivity index (χ2n) is 5.47. The van der Waals surface area contributed by atoms with Gasteiger partial charge in [-0.1, -0.05) is 0 Å². The van der Waals surface area contributed by atoms with Crippen LogP contribution in [0.3, 0.4) is 0 Å². The molecule has 5 heteroatoms. The SMILES string of the molecule is Cc1ccsc1C(CN)N(C)CC1(O)CCOCC1. The Morgan fingerprint density at radius 2 is 2.21 bits per heavy atom. The van der Waals surface area contributed by atoms with Gasteiger partial charge < -0.3 is 15.6 Å². The summed E-state index contributed by atoms with van der Waals surface area (Å²) in [6.07, 6.45) is 1.41. The summed E-state index contributed by atoms with van der Waals surface area (Å²) in [4.78, 5) is 3.49. The van der Waals surface area contributed by atoms with Gasteiger partial charge >= 0.3 is 0 Å². The highest BCUT2D eigenvalue weighted by atomic mass is 32.1. The van der Waals surface area contributed by atoms with E-state index >= 15 is 0 Å². The van der Waals surface area contributed by atoms with Gasteiger partial charge in [-0.25, -0.2) is 0 Å². The Hall–Kier alpha value is -0.460. The van der Waals surface area contributed by atoms with Gasteiger partial charge in [0.1, 0.15) is 0 Å². The molecule has 19 heavy (non-hydrogen) atoms. The predicted molar refractivity (Wildman–Crippen MR) is 78.5 cm³/mol. The summed E-state index contributed by atoms with van der Waals surface area (Å²) in [6, 6.07) is 2.31. The van der Waals surface area contributed by atoms with Crippen molar-refractivity contribution in [1.82, 2.24) is 4.90 Å². The van der Waals surface area contributed by atoms with Crippen LogP contribution in [0.4, 0.5) is 0 Å². The average Bonchev–Trinajstić information content (AvgIpc) is 2.77. The molecule has 0 aromatic carbocycles. The number of ether oxygens (including phenoxy) is 1. The first-order chi connectivity index (χ1) is 9.06. The minimum absolute atomic E-state index is 0.187. The summed E-state index contributed by atoms with van der Waals surface area (Å²) >= 11 is 1.74. The van der Waals surface area contributed by atoms with Crippen LogP contribution in [0.15, 0.2) is 11.4 Å². The molecular formula is C14H24N2O2S. The quantitative estimate of drug-likeness (QED) is 0.861. The third kappa shape index (κ3) is 3.55. The summed E-state index contributed by atoms with van der Waals surface area (Å²) in [5.74, 6) is 0. The molecule has 0 radical (unpaired) electrons. The third-order valence-corrected chi connectivity index (χ3v) is 5.05. The third-order valence-electron chi connectivity index (χ3n) is 3.93. The predicted octanol–water partition coefficient (Wildman–Crippen LogP) is 1.53. The van der Waals surface area contributed by atoms with Gasteiger partial charge in [-0.05, 0) is 31.0 Å². The lowest BCUT2D eigenvalue weighted by Gasteiger charge is -2.38. The van der Waals surface area contributed by atoms with E-state index in [1.54, 1.807) is 11.3 Å². The number of aryl methyl sites for hydroxylation is 1. The van der Waals surface area contributed by atoms with Gasteiger partial charge in [-0.15, -0.1) is 11.3 Å². The van der Waals surface area contributed by atoms with Gasteiger partial charge in [0.05, 0.1) is 11.6 Å². The molecule has 1 fully saturated rings. The molecule has 0 aliphatic carbocycles. The minimum Gasteiger partial charge on any atom is -0.388 e. The smallest absolute Gasteiger partial charge is 0.0818 e. The van der Waals surface area contributed by atoms with Crippen molar-refractivity contribution in [3.8, 4) is 0 Å². The van der Waals surface area contributed by atoms with Crippen molar-refractivity contribution < 1.29 is 9.84 Å². The fourth-order valence-electron chi connectivity index (χ4n) is 2.70. The maximum Gasteiger partial charge on any atom is 0.0818 e. The van der Waals surface area contributed by atoms with E-state index in [1.807, 2.05) is 7.05 Å². The zero-order valence-electron chi connectivity index (χ0n) is 11.8. The van der Waals surface area contributed by atoms with Crippen LogP contribution in [0.25, 0.3) is 0 Å². The Bertz CT molecular complexity index is 402. The lowest BCUT2D eigenvalue weighted by molar-refractivity contribution is -0.0811. The Morgan fingerprint density at radius 1 is 1.53 bits per heavy atom. The fraction of sp³-hybridized carbons (Fsp3) is 0.714. The van der Waals surface area contributed by atoms with Crippen LogP contribution >= 0.6 is 11.3 Å². The summed E-state index contributed by atoms with van der Waals surface area (Å²) < 4.78 is 5.32. The molecule has 2 rings (SSSR count). The highest BCUT2D eigenvalue weighted by molar-refractivity contribution is 7.10. The molecule has 108 valence electrons. The zero-order chi connectivity index (χ0) is 13.9. The van der Waals surface area contributed by atoms with E-state index in [1.165, 1.54) is 10.4 Å². The first-order valence-electron chi connectivity index (χ1n) is 6.80. The molecule has 1 aliphatic heterocycles. The number of nitrogens with zero attached hydrogens (tertiary/aromatic N) is 1. The van der Waals surface area contributed by atoms with Crippen LogP contribution in [-0.4, -0.2) is 49.0 Å². The number of nitrogens with two attached hydrogens (primary N) is 1. The Morgan fingerprint density at radius 3 is 2.74 bits per heavy atom. The molecule has 0 spiro atoms. The molecular weight excluding hydrogens is 260 g/mol. The number of rotatable bonds is 5. The van der Waals surface area contributed by atoms with Crippen LogP contribution in [-0.2, 0) is 4.74 Å². The molecule has 0 amide bonds. The van der Waals surface area contributed by atoms with Crippen molar-refractivity contribution in [2.75, 3.05) is 33.4 Å². The van der Waals surface area contributed by atoms with Gasteiger partial charge in [0, 0.05) is 44.0 Å². The van der Waals surface area contributed by atoms with E-state index in [0.29, 0.717) is 39.1 Å². The van der Waals surface area contributed by atoms with Crippen molar-refractivity contribution in [2.24, 2.45) is 5.73 Å². The van der Waals surface area contributed by atoms with E-state index in [0.717, 1.165) is 0 Å². The molecule has 1 aromatic heterocycles. The highest BCUT2D eigenvalue weighted by Crippen LogP contribution is 2.30. The first kappa shape index (κ1) is 14.9. The molecule has 1 aliphatic rings. The van der Waals surface area contributed by atoms with Crippen molar-refractivity contribution in [2.45, 2.75) is 31.4 Å². The topological polar surface area (TPSA) is 58.7 Å². The molecule has 1 saturated heterocycles. The monoisotopic (exact) mass is 284 g/mol. The molecule has 1 unspecified atom stereocenters. The van der Waals surface area contributed by atoms with Crippen molar-refractivity contribution in [3.63, 3.8) is 0 Å². The van der Waals surface area contributed by atoms with Gasteiger partial charge in [0.2, 0.25) is 0 Å². The number of likely N-dealkylation sites (N-methyl/N-ethyl adjacent to an activating group) is 1. The van der Waals surface area contributed by atoms with E-state index in [-0.39, 0.29) is 6.04 Å². The largest absolute Gasteiger partial charge is 0.388 e. The number of hydrogen-bond acceptors (Lipinski definition) is 5. The van der Waals surface area contributed by atoms with Crippen LogP contribution in [0.5, 0.6) is 0 Å². The first-order valence-corrected chi connectivity index (χ1v) is 7.68. The summed E-state index contributed by atoms with van der Waals surface area (Å²) in [6.45, 7) is 4.64. The van der Waals surface area contributed by atoms with Crippen LogP contribution in [0.2, 0.25) is 0 Å². The van der Waals surface area contributed by atoms with E-state index in [4.69, 9.17) is 10.5 Å². The number of hydrogen-bond donors (Lipinski definition) is 2. The van der Waals surface area contributed by atoms with Crippen molar-refractivity contribution in [1.29, 1.82) is 0 Å². The standard InChI is InChI=1S/C14H24N2O2S/c1-11-3-8-19-13(11)12(9-15)16(2)10-14(17)4-6-18-7-5-14/h3,8,12,17H,4-7,9-10,15H2,1-2H3. The lowest BCUT2D eigenvalue weighted by Crippen LogP contribution is -2.47. The summed E-state index contributed by atoms with van der Waals surface area (Å²) in [5, 5.41) is 12.7. The van der Waals surface area contributed by atoms with Gasteiger partial charge in [0.15, 0.2) is 0 Å². The second-order valence-corrected chi connectivity index (χ2v) is 6.42. The van der Waals surface area contributed by atoms with Gasteiger partial charge in [-0.2, -0.15) is 0 Å². The molecule has 3 N–H and O–H groups in total. The van der Waals surface area contributed by atoms with Crippen LogP contribution in [0, 0.1) is 6.92 Å². The molecule has 1 atom stereocenters. The van der Waals surface area contributed by atoms with E-state index in [2.05, 4.69) is 23.3 Å². The average molecular weight is 284 g/mol. The molecule has 0 saturated carbocycles. The zero-order valence-corrected chi connectivity index (χ0v) is 12.6. The van der Waals surface area contributed by atoms with E-state index in [9.17, 15) is 5.11 Å². The minimum atomic E-state index is -0.633. The second kappa shape index (κ2) is 6.33. The maximum absolute atomic E-state index is 10.6. The summed E-state index contributed by atoms with van der Waals surface area (Å²) in [5.41, 5.74) is 6.59. The lowest BCUT2D eigenvalue weighted by atomic mass is 9.93. The van der Waals surface area contributed by atoms with Gasteiger partial charge in [-0.3, -0.25) is 4.90 Å². The van der Waals surface area contributed by atoms with Crippen molar-refractivity contribution in [3.05, 3.63) is 21.9 Å². The number of aliphatic hydroxyl groups is 1. The Labute approximate surface area is 119 Å².